The quantitative estimate of drug-likeness (QED) is 0.721. The van der Waals surface area contributed by atoms with Gasteiger partial charge in [0.2, 0.25) is 0 Å². The summed E-state index contributed by atoms with van der Waals surface area (Å²) in [4.78, 5) is 23.8. The van der Waals surface area contributed by atoms with Crippen molar-refractivity contribution in [3.8, 4) is 0 Å². The van der Waals surface area contributed by atoms with Crippen LogP contribution in [-0.2, 0) is 6.54 Å². The molecule has 4 rings (SSSR count). The first kappa shape index (κ1) is 16.7. The summed E-state index contributed by atoms with van der Waals surface area (Å²) in [6.07, 6.45) is 3.67. The second-order valence-corrected chi connectivity index (χ2v) is 6.71. The number of aryl methyl sites for hydroxylation is 1. The monoisotopic (exact) mass is 352 g/mol. The molecule has 0 N–H and O–H groups in total. The summed E-state index contributed by atoms with van der Waals surface area (Å²) in [6, 6.07) is 9.62. The number of amides is 1. The van der Waals surface area contributed by atoms with Gasteiger partial charge in [0.1, 0.15) is 17.2 Å². The van der Waals surface area contributed by atoms with Gasteiger partial charge >= 0.3 is 0 Å². The minimum Gasteiger partial charge on any atom is -0.338 e. The maximum atomic E-state index is 13.1. The van der Waals surface area contributed by atoms with E-state index in [2.05, 4.69) is 16.5 Å². The summed E-state index contributed by atoms with van der Waals surface area (Å²) in [5, 5.41) is 0. The third kappa shape index (κ3) is 2.96. The zero-order valence-electron chi connectivity index (χ0n) is 14.7. The lowest BCUT2D eigenvalue weighted by atomic mass is 10.1. The first-order valence-electron chi connectivity index (χ1n) is 9.03. The number of rotatable bonds is 4. The van der Waals surface area contributed by atoms with Crippen LogP contribution in [0.1, 0.15) is 41.9 Å². The van der Waals surface area contributed by atoms with Crippen molar-refractivity contribution in [2.24, 2.45) is 0 Å². The van der Waals surface area contributed by atoms with E-state index in [1.165, 1.54) is 12.1 Å². The van der Waals surface area contributed by atoms with Crippen molar-refractivity contribution in [2.45, 2.75) is 32.2 Å². The van der Waals surface area contributed by atoms with E-state index in [0.29, 0.717) is 18.7 Å². The Hall–Kier alpha value is -2.76. The number of pyridine rings is 1. The SMILES string of the molecule is CCCn1c([C@H]2CCN(C(=O)c3ccc(F)cc3)C2)nc2cccnc21. The third-order valence-electron chi connectivity index (χ3n) is 4.91. The molecular weight excluding hydrogens is 331 g/mol. The second kappa shape index (κ2) is 6.86. The van der Waals surface area contributed by atoms with E-state index in [-0.39, 0.29) is 17.6 Å². The molecular formula is C20H21FN4O. The molecule has 2 aromatic heterocycles. The van der Waals surface area contributed by atoms with Gasteiger partial charge in [-0.2, -0.15) is 0 Å². The van der Waals surface area contributed by atoms with E-state index < -0.39 is 0 Å². The Kier molecular flexibility index (Phi) is 4.41. The second-order valence-electron chi connectivity index (χ2n) is 6.71. The van der Waals surface area contributed by atoms with Crippen LogP contribution in [0.15, 0.2) is 42.6 Å². The third-order valence-corrected chi connectivity index (χ3v) is 4.91. The summed E-state index contributed by atoms with van der Waals surface area (Å²) in [5.41, 5.74) is 2.34. The van der Waals surface area contributed by atoms with Gasteiger partial charge in [0.15, 0.2) is 5.65 Å². The molecule has 0 aliphatic carbocycles. The highest BCUT2D eigenvalue weighted by molar-refractivity contribution is 5.94. The molecule has 5 nitrogen and oxygen atoms in total. The van der Waals surface area contributed by atoms with Crippen LogP contribution in [0, 0.1) is 5.82 Å². The molecule has 134 valence electrons. The molecule has 3 aromatic rings. The molecule has 3 heterocycles. The van der Waals surface area contributed by atoms with Crippen molar-refractivity contribution in [3.63, 3.8) is 0 Å². The van der Waals surface area contributed by atoms with Crippen LogP contribution < -0.4 is 0 Å². The smallest absolute Gasteiger partial charge is 0.253 e. The van der Waals surface area contributed by atoms with Crippen LogP contribution >= 0.6 is 0 Å². The van der Waals surface area contributed by atoms with Crippen molar-refractivity contribution < 1.29 is 9.18 Å². The molecule has 1 fully saturated rings. The molecule has 1 aliphatic rings. The minimum atomic E-state index is -0.332. The van der Waals surface area contributed by atoms with Crippen molar-refractivity contribution >= 4 is 17.1 Å². The normalized spacial score (nSPS) is 17.2. The van der Waals surface area contributed by atoms with Gasteiger partial charge in [-0.3, -0.25) is 4.79 Å². The summed E-state index contributed by atoms with van der Waals surface area (Å²) >= 11 is 0. The maximum absolute atomic E-state index is 13.1. The Morgan fingerprint density at radius 1 is 1.27 bits per heavy atom. The number of likely N-dealkylation sites (tertiary alicyclic amines) is 1. The Morgan fingerprint density at radius 2 is 2.08 bits per heavy atom. The van der Waals surface area contributed by atoms with Gasteiger partial charge in [-0.1, -0.05) is 6.92 Å². The number of carbonyl (C=O) groups excluding carboxylic acids is 1. The lowest BCUT2D eigenvalue weighted by Gasteiger charge is -2.17. The Morgan fingerprint density at radius 3 is 2.85 bits per heavy atom. The Labute approximate surface area is 151 Å². The standard InChI is InChI=1S/C20H21FN4O/c1-2-11-25-18(23-17-4-3-10-22-19(17)25)15-9-12-24(13-15)20(26)14-5-7-16(21)8-6-14/h3-8,10,15H,2,9,11-13H2,1H3/t15-/m0/s1. The Balaban J connectivity index is 1.59. The molecule has 0 saturated carbocycles. The summed E-state index contributed by atoms with van der Waals surface area (Å²) in [5.74, 6) is 0.820. The number of aromatic nitrogens is 3. The average Bonchev–Trinajstić information content (AvgIpc) is 3.27. The lowest BCUT2D eigenvalue weighted by molar-refractivity contribution is 0.0790. The number of hydrogen-bond acceptors (Lipinski definition) is 3. The van der Waals surface area contributed by atoms with Gasteiger partial charge in [-0.15, -0.1) is 0 Å². The summed E-state index contributed by atoms with van der Waals surface area (Å²) < 4.78 is 15.3. The molecule has 1 atom stereocenters. The highest BCUT2D eigenvalue weighted by Crippen LogP contribution is 2.30. The van der Waals surface area contributed by atoms with E-state index in [9.17, 15) is 9.18 Å². The van der Waals surface area contributed by atoms with E-state index in [0.717, 1.165) is 36.4 Å². The number of halogens is 1. The van der Waals surface area contributed by atoms with E-state index in [1.807, 2.05) is 17.0 Å². The predicted octanol–water partition coefficient (Wildman–Crippen LogP) is 3.61. The van der Waals surface area contributed by atoms with Gasteiger partial charge in [-0.25, -0.2) is 14.4 Å². The number of carbonyl (C=O) groups is 1. The number of imidazole rings is 1. The van der Waals surface area contributed by atoms with E-state index in [1.54, 1.807) is 18.3 Å². The van der Waals surface area contributed by atoms with Crippen LogP contribution in [0.25, 0.3) is 11.2 Å². The number of nitrogens with zero attached hydrogens (tertiary/aromatic N) is 4. The minimum absolute atomic E-state index is 0.0521. The van der Waals surface area contributed by atoms with Crippen molar-refractivity contribution in [1.29, 1.82) is 0 Å². The molecule has 1 saturated heterocycles. The summed E-state index contributed by atoms with van der Waals surface area (Å²) in [7, 11) is 0. The average molecular weight is 352 g/mol. The molecule has 1 aliphatic heterocycles. The fraction of sp³-hybridized carbons (Fsp3) is 0.350. The maximum Gasteiger partial charge on any atom is 0.253 e. The predicted molar refractivity (Wildman–Crippen MR) is 97.5 cm³/mol. The first-order chi connectivity index (χ1) is 12.7. The van der Waals surface area contributed by atoms with Crippen LogP contribution in [0.5, 0.6) is 0 Å². The number of fused-ring (bicyclic) bond motifs is 1. The van der Waals surface area contributed by atoms with E-state index >= 15 is 0 Å². The van der Waals surface area contributed by atoms with Gasteiger partial charge in [0.25, 0.3) is 5.91 Å². The molecule has 26 heavy (non-hydrogen) atoms. The largest absolute Gasteiger partial charge is 0.338 e. The van der Waals surface area contributed by atoms with Gasteiger partial charge in [-0.05, 0) is 49.2 Å². The van der Waals surface area contributed by atoms with Crippen LogP contribution in [-0.4, -0.2) is 38.4 Å². The van der Waals surface area contributed by atoms with Gasteiger partial charge in [0.05, 0.1) is 0 Å². The molecule has 1 amide bonds. The van der Waals surface area contributed by atoms with Gasteiger partial charge < -0.3 is 9.47 Å². The molecule has 6 heteroatoms. The highest BCUT2D eigenvalue weighted by Gasteiger charge is 2.31. The van der Waals surface area contributed by atoms with Crippen molar-refractivity contribution in [1.82, 2.24) is 19.4 Å². The van der Waals surface area contributed by atoms with Crippen molar-refractivity contribution in [2.75, 3.05) is 13.1 Å². The van der Waals surface area contributed by atoms with Crippen LogP contribution in [0.4, 0.5) is 4.39 Å². The highest BCUT2D eigenvalue weighted by atomic mass is 19.1. The number of benzene rings is 1. The molecule has 0 unspecified atom stereocenters. The van der Waals surface area contributed by atoms with Crippen LogP contribution in [0.2, 0.25) is 0 Å². The molecule has 0 bridgehead atoms. The summed E-state index contributed by atoms with van der Waals surface area (Å²) in [6.45, 7) is 4.32. The first-order valence-corrected chi connectivity index (χ1v) is 9.03. The van der Waals surface area contributed by atoms with Gasteiger partial charge in [0, 0.05) is 37.3 Å². The van der Waals surface area contributed by atoms with E-state index in [4.69, 9.17) is 4.98 Å². The molecule has 0 radical (unpaired) electrons. The number of hydrogen-bond donors (Lipinski definition) is 0. The molecule has 1 aromatic carbocycles. The fourth-order valence-electron chi connectivity index (χ4n) is 3.66. The fourth-order valence-corrected chi connectivity index (χ4v) is 3.66. The lowest BCUT2D eigenvalue weighted by Crippen LogP contribution is -2.28. The van der Waals surface area contributed by atoms with Crippen molar-refractivity contribution in [3.05, 3.63) is 59.8 Å². The zero-order chi connectivity index (χ0) is 18.1. The molecule has 0 spiro atoms. The van der Waals surface area contributed by atoms with Crippen LogP contribution in [0.3, 0.4) is 0 Å². The Bertz CT molecular complexity index is 935. The topological polar surface area (TPSA) is 51.0 Å². The zero-order valence-corrected chi connectivity index (χ0v) is 14.7.